The molecule has 1 atom stereocenters. The maximum Gasteiger partial charge on any atom is 0.321 e. The lowest BCUT2D eigenvalue weighted by Crippen LogP contribution is -2.34. The zero-order valence-electron chi connectivity index (χ0n) is 12.0. The number of hydrogen-bond acceptors (Lipinski definition) is 3. The largest absolute Gasteiger partial charge is 0.324 e. The normalized spacial score (nSPS) is 18.6. The van der Waals surface area contributed by atoms with Crippen LogP contribution in [0.3, 0.4) is 0 Å². The van der Waals surface area contributed by atoms with Gasteiger partial charge in [-0.3, -0.25) is 4.98 Å². The van der Waals surface area contributed by atoms with Gasteiger partial charge in [-0.05, 0) is 32.0 Å². The molecule has 0 saturated carbocycles. The maximum absolute atomic E-state index is 13.4. The summed E-state index contributed by atoms with van der Waals surface area (Å²) in [4.78, 5) is 19.7. The summed E-state index contributed by atoms with van der Waals surface area (Å²) < 4.78 is 13.4. The lowest BCUT2D eigenvalue weighted by atomic mass is 10.1. The zero-order valence-corrected chi connectivity index (χ0v) is 12.0. The van der Waals surface area contributed by atoms with E-state index in [1.165, 1.54) is 12.3 Å². The Morgan fingerprint density at radius 3 is 3.15 bits per heavy atom. The number of rotatable bonds is 4. The van der Waals surface area contributed by atoms with E-state index in [2.05, 4.69) is 29.2 Å². The Hall–Kier alpha value is -1.69. The van der Waals surface area contributed by atoms with Crippen molar-refractivity contribution in [2.45, 2.75) is 13.3 Å². The Morgan fingerprint density at radius 2 is 2.45 bits per heavy atom. The van der Waals surface area contributed by atoms with Gasteiger partial charge >= 0.3 is 6.03 Å². The molecule has 1 saturated heterocycles. The standard InChI is InChI=1S/C14H21FN4O/c1-3-18(2)9-11-5-7-19(10-11)14(20)17-13-4-6-16-8-12(13)15/h4,6,8,11H,3,5,7,9-10H2,1-2H3,(H,16,17,20). The predicted octanol–water partition coefficient (Wildman–Crippen LogP) is 2.03. The molecule has 1 aliphatic heterocycles. The van der Waals surface area contributed by atoms with Crippen molar-refractivity contribution in [2.75, 3.05) is 38.5 Å². The fraction of sp³-hybridized carbons (Fsp3) is 0.571. The van der Waals surface area contributed by atoms with Gasteiger partial charge in [-0.2, -0.15) is 0 Å². The number of likely N-dealkylation sites (tertiary alicyclic amines) is 1. The van der Waals surface area contributed by atoms with Crippen LogP contribution in [-0.2, 0) is 0 Å². The highest BCUT2D eigenvalue weighted by atomic mass is 19.1. The first-order valence-corrected chi connectivity index (χ1v) is 6.94. The Labute approximate surface area is 118 Å². The average Bonchev–Trinajstić information content (AvgIpc) is 2.89. The number of amides is 2. The van der Waals surface area contributed by atoms with Gasteiger partial charge in [0, 0.05) is 25.8 Å². The Bertz CT molecular complexity index is 468. The predicted molar refractivity (Wildman–Crippen MR) is 76.1 cm³/mol. The summed E-state index contributed by atoms with van der Waals surface area (Å²) in [5.74, 6) is -0.0182. The molecule has 0 aliphatic carbocycles. The molecular formula is C14H21FN4O. The molecule has 1 fully saturated rings. The molecule has 1 aromatic heterocycles. The first-order chi connectivity index (χ1) is 9.60. The van der Waals surface area contributed by atoms with Crippen LogP contribution in [0.2, 0.25) is 0 Å². The van der Waals surface area contributed by atoms with Gasteiger partial charge in [-0.25, -0.2) is 9.18 Å². The van der Waals surface area contributed by atoms with Crippen LogP contribution >= 0.6 is 0 Å². The molecule has 1 aromatic rings. The Morgan fingerprint density at radius 1 is 1.65 bits per heavy atom. The third kappa shape index (κ3) is 3.66. The quantitative estimate of drug-likeness (QED) is 0.918. The molecule has 5 nitrogen and oxygen atoms in total. The molecule has 20 heavy (non-hydrogen) atoms. The number of nitrogens with one attached hydrogen (secondary N) is 1. The highest BCUT2D eigenvalue weighted by Crippen LogP contribution is 2.19. The first-order valence-electron chi connectivity index (χ1n) is 6.94. The number of halogens is 1. The van der Waals surface area contributed by atoms with Crippen LogP contribution in [0.1, 0.15) is 13.3 Å². The zero-order chi connectivity index (χ0) is 14.5. The summed E-state index contributed by atoms with van der Waals surface area (Å²) in [6.45, 7) is 5.56. The number of pyridine rings is 1. The second-order valence-electron chi connectivity index (χ2n) is 5.24. The second kappa shape index (κ2) is 6.65. The minimum Gasteiger partial charge on any atom is -0.324 e. The molecule has 6 heteroatoms. The van der Waals surface area contributed by atoms with Gasteiger partial charge in [-0.15, -0.1) is 0 Å². The van der Waals surface area contributed by atoms with Crippen molar-refractivity contribution in [3.8, 4) is 0 Å². The van der Waals surface area contributed by atoms with Crippen molar-refractivity contribution in [1.29, 1.82) is 0 Å². The van der Waals surface area contributed by atoms with Gasteiger partial charge in [0.2, 0.25) is 0 Å². The Kier molecular flexibility index (Phi) is 4.89. The summed E-state index contributed by atoms with van der Waals surface area (Å²) in [5, 5.41) is 2.60. The van der Waals surface area contributed by atoms with Gasteiger partial charge in [0.15, 0.2) is 5.82 Å². The van der Waals surface area contributed by atoms with Crippen molar-refractivity contribution >= 4 is 11.7 Å². The molecule has 0 bridgehead atoms. The number of carbonyl (C=O) groups excluding carboxylic acids is 1. The molecule has 0 spiro atoms. The number of carbonyl (C=O) groups is 1. The third-order valence-corrected chi connectivity index (χ3v) is 3.70. The van der Waals surface area contributed by atoms with E-state index in [-0.39, 0.29) is 11.7 Å². The molecule has 1 unspecified atom stereocenters. The smallest absolute Gasteiger partial charge is 0.321 e. The van der Waals surface area contributed by atoms with Crippen LogP contribution in [-0.4, -0.2) is 54.0 Å². The van der Waals surface area contributed by atoms with Crippen LogP contribution in [0.5, 0.6) is 0 Å². The minimum atomic E-state index is -0.512. The fourth-order valence-corrected chi connectivity index (χ4v) is 2.41. The summed E-state index contributed by atoms with van der Waals surface area (Å²) >= 11 is 0. The summed E-state index contributed by atoms with van der Waals surface area (Å²) in [7, 11) is 2.08. The van der Waals surface area contributed by atoms with E-state index >= 15 is 0 Å². The van der Waals surface area contributed by atoms with E-state index < -0.39 is 5.82 Å². The number of hydrogen-bond donors (Lipinski definition) is 1. The minimum absolute atomic E-state index is 0.180. The molecule has 2 heterocycles. The van der Waals surface area contributed by atoms with Gasteiger partial charge in [0.05, 0.1) is 11.9 Å². The van der Waals surface area contributed by atoms with Crippen LogP contribution in [0.25, 0.3) is 0 Å². The summed E-state index contributed by atoms with van der Waals surface area (Å²) in [6.07, 6.45) is 3.55. The van der Waals surface area contributed by atoms with Crippen LogP contribution in [0, 0.1) is 11.7 Å². The second-order valence-corrected chi connectivity index (χ2v) is 5.24. The average molecular weight is 280 g/mol. The molecule has 1 N–H and O–H groups in total. The highest BCUT2D eigenvalue weighted by Gasteiger charge is 2.27. The van der Waals surface area contributed by atoms with Crippen molar-refractivity contribution < 1.29 is 9.18 Å². The fourth-order valence-electron chi connectivity index (χ4n) is 2.41. The molecule has 0 radical (unpaired) electrons. The lowest BCUT2D eigenvalue weighted by Gasteiger charge is -2.20. The molecule has 2 amide bonds. The maximum atomic E-state index is 13.4. The monoisotopic (exact) mass is 280 g/mol. The highest BCUT2D eigenvalue weighted by molar-refractivity contribution is 5.89. The van der Waals surface area contributed by atoms with Crippen LogP contribution in [0.15, 0.2) is 18.5 Å². The van der Waals surface area contributed by atoms with E-state index in [0.29, 0.717) is 5.92 Å². The van der Waals surface area contributed by atoms with E-state index in [1.54, 1.807) is 4.90 Å². The van der Waals surface area contributed by atoms with E-state index in [4.69, 9.17) is 0 Å². The van der Waals surface area contributed by atoms with Gasteiger partial charge in [-0.1, -0.05) is 6.92 Å². The number of anilines is 1. The van der Waals surface area contributed by atoms with Crippen molar-refractivity contribution in [3.05, 3.63) is 24.3 Å². The van der Waals surface area contributed by atoms with Crippen molar-refractivity contribution in [3.63, 3.8) is 0 Å². The van der Waals surface area contributed by atoms with E-state index in [9.17, 15) is 9.18 Å². The SMILES string of the molecule is CCN(C)CC1CCN(C(=O)Nc2ccncc2F)C1. The number of urea groups is 1. The van der Waals surface area contributed by atoms with Crippen molar-refractivity contribution in [2.24, 2.45) is 5.92 Å². The topological polar surface area (TPSA) is 48.5 Å². The lowest BCUT2D eigenvalue weighted by molar-refractivity contribution is 0.218. The van der Waals surface area contributed by atoms with Gasteiger partial charge in [0.1, 0.15) is 0 Å². The Balaban J connectivity index is 1.87. The van der Waals surface area contributed by atoms with Gasteiger partial charge in [0.25, 0.3) is 0 Å². The molecule has 110 valence electrons. The van der Waals surface area contributed by atoms with Crippen LogP contribution in [0.4, 0.5) is 14.9 Å². The molecule has 0 aromatic carbocycles. The van der Waals surface area contributed by atoms with E-state index in [0.717, 1.165) is 38.8 Å². The molecule has 2 rings (SSSR count). The van der Waals surface area contributed by atoms with Gasteiger partial charge < -0.3 is 15.1 Å². The van der Waals surface area contributed by atoms with Crippen LogP contribution < -0.4 is 5.32 Å². The number of aromatic nitrogens is 1. The number of nitrogens with zero attached hydrogens (tertiary/aromatic N) is 3. The molecular weight excluding hydrogens is 259 g/mol. The summed E-state index contributed by atoms with van der Waals surface area (Å²) in [6, 6.07) is 1.22. The molecule has 1 aliphatic rings. The van der Waals surface area contributed by atoms with E-state index in [1.807, 2.05) is 0 Å². The summed E-state index contributed by atoms with van der Waals surface area (Å²) in [5.41, 5.74) is 0.180. The van der Waals surface area contributed by atoms with Crippen molar-refractivity contribution in [1.82, 2.24) is 14.8 Å². The third-order valence-electron chi connectivity index (χ3n) is 3.70. The first kappa shape index (κ1) is 14.7.